The Hall–Kier alpha value is -2.83. The predicted octanol–water partition coefficient (Wildman–Crippen LogP) is 6.28. The number of rotatable bonds is 4. The normalized spacial score (nSPS) is 17.4. The molecule has 50 heavy (non-hydrogen) atoms. The van der Waals surface area contributed by atoms with Crippen molar-refractivity contribution in [3.63, 3.8) is 0 Å². The molecule has 0 atom stereocenters. The van der Waals surface area contributed by atoms with E-state index >= 15 is 0 Å². The third-order valence-electron chi connectivity index (χ3n) is 11.8. The molecule has 0 heterocycles. The van der Waals surface area contributed by atoms with Gasteiger partial charge >= 0.3 is 298 Å². The van der Waals surface area contributed by atoms with E-state index in [-0.39, 0.29) is 35.6 Å². The first kappa shape index (κ1) is 36.9. The molecule has 0 saturated carbocycles. The molecule has 4 aromatic rings. The van der Waals surface area contributed by atoms with Crippen LogP contribution in [0, 0.1) is 13.8 Å². The van der Waals surface area contributed by atoms with Gasteiger partial charge in [0.15, 0.2) is 0 Å². The maximum absolute atomic E-state index is 2.80. The van der Waals surface area contributed by atoms with Crippen molar-refractivity contribution in [1.82, 2.24) is 0 Å². The molecule has 0 aliphatic heterocycles. The standard InChI is InChI=1S/C27H29.C15H14.C5H5.2ClH.Zr/c1-16-7-9-26(3,4)24-12-18-11-19-13-25-21(17(2)8-10-27(25,5)6)15-23(19)22(18)14-20(16)24;1-12-3-7-14(8-4-12)11-15-9-5-13(2)6-10-15;1-2-4-5-3-1;;;/h7-8,11-15H,9-10H2,1-6H3;3-10H,1-2H3;1-3H,4H2;2*1H;/q;;;;;+2/p-2. The summed E-state index contributed by atoms with van der Waals surface area (Å²) in [6.07, 6.45) is 15.5. The van der Waals surface area contributed by atoms with Crippen molar-refractivity contribution in [2.45, 2.75) is 89.1 Å². The van der Waals surface area contributed by atoms with Crippen LogP contribution in [0.5, 0.6) is 0 Å². The van der Waals surface area contributed by atoms with Crippen LogP contribution in [0.15, 0.2) is 106 Å². The Morgan fingerprint density at radius 1 is 0.600 bits per heavy atom. The second-order valence-corrected chi connectivity index (χ2v) is 22.5. The minimum Gasteiger partial charge on any atom is -1.00 e. The van der Waals surface area contributed by atoms with E-state index in [1.807, 2.05) is 0 Å². The molecule has 0 saturated heterocycles. The monoisotopic (exact) mass is 772 g/mol. The molecule has 0 aromatic heterocycles. The van der Waals surface area contributed by atoms with Gasteiger partial charge in [-0.25, -0.2) is 0 Å². The molecule has 0 radical (unpaired) electrons. The Balaban J connectivity index is 0.00000216. The summed E-state index contributed by atoms with van der Waals surface area (Å²) in [6, 6.07) is 29.6. The van der Waals surface area contributed by atoms with Crippen LogP contribution in [0.3, 0.4) is 0 Å². The maximum Gasteiger partial charge on any atom is -1.00 e. The molecule has 0 nitrogen and oxygen atoms in total. The molecule has 0 bridgehead atoms. The minimum atomic E-state index is -2.80. The van der Waals surface area contributed by atoms with Crippen LogP contribution in [-0.4, -0.2) is 3.21 Å². The summed E-state index contributed by atoms with van der Waals surface area (Å²) in [4.78, 5) is 0. The van der Waals surface area contributed by atoms with Crippen LogP contribution in [0.2, 0.25) is 0 Å². The Kier molecular flexibility index (Phi) is 10.1. The Labute approximate surface area is 320 Å². The van der Waals surface area contributed by atoms with E-state index in [0.717, 1.165) is 19.3 Å². The molecule has 0 N–H and O–H groups in total. The van der Waals surface area contributed by atoms with Gasteiger partial charge in [-0.1, -0.05) is 0 Å². The van der Waals surface area contributed by atoms with E-state index in [9.17, 15) is 0 Å². The number of hydrogen-bond donors (Lipinski definition) is 0. The molecule has 8 rings (SSSR count). The SMILES string of the molecule is CC1=CCC(C)(C)c2cc3c(cc21)-c1cc2c(cc1[CH]3[Zr+2]([C]1=CC=CC1)=[C](c1ccc(C)cc1)c1ccc(C)cc1)C(C)(C)CC=C2C.[Cl-].[Cl-]. The zero-order valence-corrected chi connectivity index (χ0v) is 34.7. The first-order valence-corrected chi connectivity index (χ1v) is 21.8. The van der Waals surface area contributed by atoms with E-state index in [1.165, 1.54) is 66.8 Å². The quantitative estimate of drug-likeness (QED) is 0.229. The van der Waals surface area contributed by atoms with E-state index in [4.69, 9.17) is 0 Å². The number of fused-ring (bicyclic) bond motifs is 5. The van der Waals surface area contributed by atoms with Crippen molar-refractivity contribution in [1.29, 1.82) is 0 Å². The molecule has 4 aliphatic carbocycles. The van der Waals surface area contributed by atoms with Crippen LogP contribution in [0.4, 0.5) is 0 Å². The first-order chi connectivity index (χ1) is 22.9. The van der Waals surface area contributed by atoms with E-state index in [0.29, 0.717) is 3.63 Å². The molecule has 0 amide bonds. The summed E-state index contributed by atoms with van der Waals surface area (Å²) in [5.74, 6) is 0. The Bertz CT molecular complexity index is 2030. The second kappa shape index (κ2) is 13.6. The van der Waals surface area contributed by atoms with E-state index in [2.05, 4.69) is 159 Å². The van der Waals surface area contributed by atoms with Gasteiger partial charge in [-0.3, -0.25) is 0 Å². The second-order valence-electron chi connectivity index (χ2n) is 16.2. The summed E-state index contributed by atoms with van der Waals surface area (Å²) < 4.78 is 3.75. The van der Waals surface area contributed by atoms with Crippen LogP contribution in [0.1, 0.15) is 120 Å². The van der Waals surface area contributed by atoms with Crippen LogP contribution >= 0.6 is 0 Å². The largest absolute Gasteiger partial charge is 1.00 e. The van der Waals surface area contributed by atoms with Crippen molar-refractivity contribution in [3.05, 3.63) is 162 Å². The average molecular weight is 775 g/mol. The Morgan fingerprint density at radius 3 is 1.44 bits per heavy atom. The summed E-state index contributed by atoms with van der Waals surface area (Å²) in [6.45, 7) is 18.9. The molecule has 0 unspecified atom stereocenters. The zero-order valence-electron chi connectivity index (χ0n) is 30.8. The smallest absolute Gasteiger partial charge is 1.00 e. The van der Waals surface area contributed by atoms with Crippen molar-refractivity contribution < 1.29 is 46.1 Å². The third kappa shape index (κ3) is 6.10. The van der Waals surface area contributed by atoms with Gasteiger partial charge in [0.2, 0.25) is 0 Å². The summed E-state index contributed by atoms with van der Waals surface area (Å²) in [7, 11) is 0. The van der Waals surface area contributed by atoms with Gasteiger partial charge in [-0.15, -0.1) is 0 Å². The van der Waals surface area contributed by atoms with E-state index in [1.54, 1.807) is 17.6 Å². The molecule has 254 valence electrons. The number of aryl methyl sites for hydroxylation is 2. The topological polar surface area (TPSA) is 0 Å². The van der Waals surface area contributed by atoms with Gasteiger partial charge in [-0.2, -0.15) is 0 Å². The van der Waals surface area contributed by atoms with Crippen LogP contribution < -0.4 is 24.8 Å². The Morgan fingerprint density at radius 2 is 1.04 bits per heavy atom. The number of allylic oxidation sites excluding steroid dienone is 8. The van der Waals surface area contributed by atoms with Crippen LogP contribution in [0.25, 0.3) is 22.3 Å². The fourth-order valence-electron chi connectivity index (χ4n) is 8.74. The number of benzene rings is 4. The summed E-state index contributed by atoms with van der Waals surface area (Å²) in [5, 5.41) is 0. The van der Waals surface area contributed by atoms with Gasteiger partial charge in [0.1, 0.15) is 0 Å². The summed E-state index contributed by atoms with van der Waals surface area (Å²) in [5.41, 5.74) is 20.7. The van der Waals surface area contributed by atoms with Crippen molar-refractivity contribution in [2.75, 3.05) is 0 Å². The van der Waals surface area contributed by atoms with Crippen molar-refractivity contribution in [3.8, 4) is 11.1 Å². The third-order valence-corrected chi connectivity index (χ3v) is 20.1. The van der Waals surface area contributed by atoms with E-state index < -0.39 is 21.3 Å². The summed E-state index contributed by atoms with van der Waals surface area (Å²) >= 11 is -2.80. The fourth-order valence-corrected chi connectivity index (χ4v) is 17.7. The first-order valence-electron chi connectivity index (χ1n) is 17.9. The molecule has 4 aromatic carbocycles. The molecule has 0 fully saturated rings. The van der Waals surface area contributed by atoms with Gasteiger partial charge in [-0.05, 0) is 0 Å². The average Bonchev–Trinajstić information content (AvgIpc) is 3.70. The number of hydrogen-bond acceptors (Lipinski definition) is 0. The molecule has 4 aliphatic rings. The van der Waals surface area contributed by atoms with Gasteiger partial charge in [0.25, 0.3) is 0 Å². The van der Waals surface area contributed by atoms with Crippen molar-refractivity contribution in [2.24, 2.45) is 0 Å². The van der Waals surface area contributed by atoms with Crippen LogP contribution in [-0.2, 0) is 32.1 Å². The molecule has 0 spiro atoms. The molecular formula is C47H48Cl2Zr. The minimum absolute atomic E-state index is 0. The molecule has 3 heteroatoms. The molecular weight excluding hydrogens is 727 g/mol. The van der Waals surface area contributed by atoms with Crippen molar-refractivity contribution >= 4 is 14.4 Å². The van der Waals surface area contributed by atoms with Gasteiger partial charge in [0, 0.05) is 0 Å². The predicted molar refractivity (Wildman–Crippen MR) is 204 cm³/mol. The zero-order chi connectivity index (χ0) is 33.5. The maximum atomic E-state index is 2.70. The number of halogens is 2. The van der Waals surface area contributed by atoms with Gasteiger partial charge < -0.3 is 24.8 Å². The fraction of sp³-hybridized carbons (Fsp3) is 0.298. The van der Waals surface area contributed by atoms with Gasteiger partial charge in [0.05, 0.1) is 0 Å².